The van der Waals surface area contributed by atoms with Gasteiger partial charge in [0.25, 0.3) is 5.91 Å². The molecule has 1 aromatic heterocycles. The van der Waals surface area contributed by atoms with Crippen LogP contribution < -0.4 is 9.47 Å². The number of aromatic nitrogens is 2. The van der Waals surface area contributed by atoms with Crippen molar-refractivity contribution in [3.63, 3.8) is 0 Å². The van der Waals surface area contributed by atoms with Gasteiger partial charge in [0.05, 0.1) is 19.9 Å². The second-order valence-electron chi connectivity index (χ2n) is 6.52. The van der Waals surface area contributed by atoms with E-state index in [1.54, 1.807) is 26.4 Å². The average molecular weight is 358 g/mol. The van der Waals surface area contributed by atoms with Crippen LogP contribution in [0.1, 0.15) is 21.6 Å². The molecule has 1 saturated heterocycles. The van der Waals surface area contributed by atoms with Crippen LogP contribution in [-0.2, 0) is 13.6 Å². The Bertz CT molecular complexity index is 757. The monoisotopic (exact) mass is 358 g/mol. The number of rotatable bonds is 5. The van der Waals surface area contributed by atoms with Crippen LogP contribution in [0.4, 0.5) is 0 Å². The molecule has 0 bridgehead atoms. The lowest BCUT2D eigenvalue weighted by atomic mass is 10.1. The van der Waals surface area contributed by atoms with Crippen LogP contribution >= 0.6 is 0 Å². The van der Waals surface area contributed by atoms with Crippen molar-refractivity contribution in [3.8, 4) is 11.5 Å². The Kier molecular flexibility index (Phi) is 5.46. The molecule has 3 rings (SSSR count). The molecular formula is C19H26N4O3. The number of hydrogen-bond donors (Lipinski definition) is 0. The van der Waals surface area contributed by atoms with E-state index in [9.17, 15) is 4.79 Å². The Morgan fingerprint density at radius 1 is 1.12 bits per heavy atom. The predicted octanol–water partition coefficient (Wildman–Crippen LogP) is 1.70. The normalized spacial score (nSPS) is 15.2. The lowest BCUT2D eigenvalue weighted by molar-refractivity contribution is 0.0621. The molecule has 0 N–H and O–H groups in total. The van der Waals surface area contributed by atoms with E-state index >= 15 is 0 Å². The average Bonchev–Trinajstić information content (AvgIpc) is 2.97. The Balaban J connectivity index is 1.67. The maximum absolute atomic E-state index is 13.0. The molecule has 0 aliphatic carbocycles. The number of piperazine rings is 1. The van der Waals surface area contributed by atoms with Crippen molar-refractivity contribution in [2.45, 2.75) is 13.5 Å². The van der Waals surface area contributed by atoms with Gasteiger partial charge >= 0.3 is 0 Å². The van der Waals surface area contributed by atoms with E-state index in [1.165, 1.54) is 5.56 Å². The molecule has 0 unspecified atom stereocenters. The van der Waals surface area contributed by atoms with Gasteiger partial charge in [-0.1, -0.05) is 6.07 Å². The number of carbonyl (C=O) groups excluding carboxylic acids is 1. The Hall–Kier alpha value is -2.54. The van der Waals surface area contributed by atoms with Crippen molar-refractivity contribution >= 4 is 5.91 Å². The van der Waals surface area contributed by atoms with Gasteiger partial charge in [-0.15, -0.1) is 0 Å². The molecule has 2 heterocycles. The summed E-state index contributed by atoms with van der Waals surface area (Å²) < 4.78 is 12.6. The summed E-state index contributed by atoms with van der Waals surface area (Å²) in [5, 5.41) is 4.40. The maximum atomic E-state index is 13.0. The summed E-state index contributed by atoms with van der Waals surface area (Å²) in [4.78, 5) is 17.2. The summed E-state index contributed by atoms with van der Waals surface area (Å²) in [5.74, 6) is 1.04. The van der Waals surface area contributed by atoms with E-state index in [1.807, 2.05) is 29.6 Å². The summed E-state index contributed by atoms with van der Waals surface area (Å²) >= 11 is 0. The van der Waals surface area contributed by atoms with Crippen LogP contribution in [0.3, 0.4) is 0 Å². The fourth-order valence-electron chi connectivity index (χ4n) is 3.37. The van der Waals surface area contributed by atoms with Crippen molar-refractivity contribution in [2.24, 2.45) is 7.05 Å². The zero-order chi connectivity index (χ0) is 18.7. The lowest BCUT2D eigenvalue weighted by Crippen LogP contribution is -2.48. The number of carbonyl (C=O) groups is 1. The first-order chi connectivity index (χ1) is 12.5. The van der Waals surface area contributed by atoms with E-state index in [0.29, 0.717) is 30.2 Å². The molecule has 0 saturated carbocycles. The van der Waals surface area contributed by atoms with Crippen molar-refractivity contribution in [1.29, 1.82) is 0 Å². The van der Waals surface area contributed by atoms with Crippen LogP contribution in [-0.4, -0.2) is 65.9 Å². The Morgan fingerprint density at radius 3 is 2.23 bits per heavy atom. The van der Waals surface area contributed by atoms with Gasteiger partial charge in [0.15, 0.2) is 0 Å². The second kappa shape index (κ2) is 7.78. The molecule has 1 amide bonds. The van der Waals surface area contributed by atoms with Crippen molar-refractivity contribution in [1.82, 2.24) is 19.6 Å². The summed E-state index contributed by atoms with van der Waals surface area (Å²) in [6, 6.07) is 5.40. The van der Waals surface area contributed by atoms with Crippen LogP contribution in [0.15, 0.2) is 24.4 Å². The molecule has 7 heteroatoms. The van der Waals surface area contributed by atoms with Crippen LogP contribution in [0.5, 0.6) is 11.5 Å². The molecule has 140 valence electrons. The number of aryl methyl sites for hydroxylation is 2. The number of amides is 1. The van der Waals surface area contributed by atoms with E-state index < -0.39 is 0 Å². The largest absolute Gasteiger partial charge is 0.496 e. The molecule has 0 spiro atoms. The minimum absolute atomic E-state index is 0.0449. The molecule has 1 aromatic carbocycles. The third-order valence-corrected chi connectivity index (χ3v) is 4.81. The quantitative estimate of drug-likeness (QED) is 0.814. The molecule has 0 atom stereocenters. The van der Waals surface area contributed by atoms with E-state index in [0.717, 1.165) is 25.3 Å². The van der Waals surface area contributed by atoms with Gasteiger partial charge in [0.1, 0.15) is 17.1 Å². The highest BCUT2D eigenvalue weighted by Crippen LogP contribution is 2.30. The van der Waals surface area contributed by atoms with Gasteiger partial charge in [0, 0.05) is 51.5 Å². The summed E-state index contributed by atoms with van der Waals surface area (Å²) in [5.41, 5.74) is 2.79. The molecule has 0 radical (unpaired) electrons. The second-order valence-corrected chi connectivity index (χ2v) is 6.52. The van der Waals surface area contributed by atoms with Crippen molar-refractivity contribution in [3.05, 3.63) is 41.2 Å². The predicted molar refractivity (Wildman–Crippen MR) is 98.7 cm³/mol. The summed E-state index contributed by atoms with van der Waals surface area (Å²) in [6.45, 7) is 5.91. The third kappa shape index (κ3) is 3.67. The molecule has 26 heavy (non-hydrogen) atoms. The smallest absolute Gasteiger partial charge is 0.261 e. The van der Waals surface area contributed by atoms with Gasteiger partial charge in [-0.3, -0.25) is 14.4 Å². The molecule has 1 aliphatic heterocycles. The minimum Gasteiger partial charge on any atom is -0.496 e. The number of methoxy groups -OCH3 is 2. The third-order valence-electron chi connectivity index (χ3n) is 4.81. The number of hydrogen-bond acceptors (Lipinski definition) is 5. The minimum atomic E-state index is -0.0449. The Labute approximate surface area is 154 Å². The van der Waals surface area contributed by atoms with Gasteiger partial charge in [-0.2, -0.15) is 5.10 Å². The Morgan fingerprint density at radius 2 is 1.73 bits per heavy atom. The molecule has 2 aromatic rings. The van der Waals surface area contributed by atoms with Gasteiger partial charge in [-0.05, 0) is 19.1 Å². The van der Waals surface area contributed by atoms with Crippen LogP contribution in [0.25, 0.3) is 0 Å². The van der Waals surface area contributed by atoms with E-state index in [-0.39, 0.29) is 5.91 Å². The lowest BCUT2D eigenvalue weighted by Gasteiger charge is -2.35. The van der Waals surface area contributed by atoms with Gasteiger partial charge < -0.3 is 14.4 Å². The van der Waals surface area contributed by atoms with Crippen LogP contribution in [0.2, 0.25) is 0 Å². The van der Waals surface area contributed by atoms with Gasteiger partial charge in [-0.25, -0.2) is 0 Å². The van der Waals surface area contributed by atoms with Gasteiger partial charge in [0.2, 0.25) is 0 Å². The topological polar surface area (TPSA) is 59.8 Å². The standard InChI is InChI=1S/C19H26N4O3/c1-14-15(12-21(2)20-14)13-22-8-10-23(11-9-22)19(24)18-16(25-3)6-5-7-17(18)26-4/h5-7,12H,8-11,13H2,1-4H3. The zero-order valence-corrected chi connectivity index (χ0v) is 15.9. The molecule has 1 aliphatic rings. The molecular weight excluding hydrogens is 332 g/mol. The number of benzene rings is 1. The van der Waals surface area contributed by atoms with E-state index in [4.69, 9.17) is 9.47 Å². The van der Waals surface area contributed by atoms with Crippen molar-refractivity contribution in [2.75, 3.05) is 40.4 Å². The first kappa shape index (κ1) is 18.3. The SMILES string of the molecule is COc1cccc(OC)c1C(=O)N1CCN(Cc2cn(C)nc2C)CC1. The number of ether oxygens (including phenoxy) is 2. The fourth-order valence-corrected chi connectivity index (χ4v) is 3.37. The number of nitrogens with zero attached hydrogens (tertiary/aromatic N) is 4. The molecule has 7 nitrogen and oxygen atoms in total. The van der Waals surface area contributed by atoms with E-state index in [2.05, 4.69) is 16.2 Å². The first-order valence-electron chi connectivity index (χ1n) is 8.75. The maximum Gasteiger partial charge on any atom is 0.261 e. The highest BCUT2D eigenvalue weighted by molar-refractivity contribution is 5.99. The summed E-state index contributed by atoms with van der Waals surface area (Å²) in [6.07, 6.45) is 2.06. The first-order valence-corrected chi connectivity index (χ1v) is 8.75. The zero-order valence-electron chi connectivity index (χ0n) is 15.9. The highest BCUT2D eigenvalue weighted by atomic mass is 16.5. The highest BCUT2D eigenvalue weighted by Gasteiger charge is 2.27. The summed E-state index contributed by atoms with van der Waals surface area (Å²) in [7, 11) is 5.08. The van der Waals surface area contributed by atoms with Crippen molar-refractivity contribution < 1.29 is 14.3 Å². The molecule has 1 fully saturated rings. The van der Waals surface area contributed by atoms with Crippen LogP contribution in [0, 0.1) is 6.92 Å². The fraction of sp³-hybridized carbons (Fsp3) is 0.474.